The average Bonchev–Trinajstić information content (AvgIpc) is 1.70. The zero-order chi connectivity index (χ0) is 71.1. The summed E-state index contributed by atoms with van der Waals surface area (Å²) in [5, 5.41) is 4.72. The summed E-state index contributed by atoms with van der Waals surface area (Å²) < 4.78 is 33.0. The lowest BCUT2D eigenvalue weighted by molar-refractivity contribution is -0.159. The minimum atomic E-state index is -4.09. The number of carbonyl (C=O) groups excluding carboxylic acids is 9. The molecule has 0 aromatic heterocycles. The quantitative estimate of drug-likeness (QED) is 0.00318. The van der Waals surface area contributed by atoms with Crippen molar-refractivity contribution in [3.63, 3.8) is 0 Å². The summed E-state index contributed by atoms with van der Waals surface area (Å²) in [7, 11) is -4.09. The van der Waals surface area contributed by atoms with Gasteiger partial charge < -0.3 is 67.1 Å². The Bertz CT molecular complexity index is 2450. The molecule has 3 fully saturated rings. The van der Waals surface area contributed by atoms with E-state index in [1.165, 1.54) is 105 Å². The number of nitrogens with one attached hydrogen (secondary N) is 3. The summed E-state index contributed by atoms with van der Waals surface area (Å²) in [5.74, 6) is -3.87. The van der Waals surface area contributed by atoms with E-state index in [0.717, 1.165) is 50.5 Å². The molecule has 3 aliphatic rings. The minimum absolute atomic E-state index is 0.0125. The van der Waals surface area contributed by atoms with E-state index in [1.807, 2.05) is 0 Å². The molecule has 3 heterocycles. The summed E-state index contributed by atoms with van der Waals surface area (Å²) in [5.41, 5.74) is 21.9. The first-order chi connectivity index (χ1) is 46.7. The molecule has 97 heavy (non-hydrogen) atoms. The van der Waals surface area contributed by atoms with Crippen LogP contribution >= 0.6 is 32.2 Å². The highest BCUT2D eigenvalue weighted by Gasteiger charge is 2.45. The maximum absolute atomic E-state index is 14.5. The first kappa shape index (κ1) is 86.2. The van der Waals surface area contributed by atoms with Crippen molar-refractivity contribution in [2.45, 2.75) is 306 Å². The van der Waals surface area contributed by atoms with Crippen LogP contribution in [0.2, 0.25) is 0 Å². The average molecular weight is 1430 g/mol. The molecule has 26 nitrogen and oxygen atoms in total. The van der Waals surface area contributed by atoms with Crippen LogP contribution in [-0.4, -0.2) is 185 Å². The molecule has 2 unspecified atom stereocenters. The second kappa shape index (κ2) is 52.0. The Hall–Kier alpha value is -5.02. The number of thiol groups is 1. The highest BCUT2D eigenvalue weighted by atomic mass is 32.2. The van der Waals surface area contributed by atoms with Gasteiger partial charge in [0, 0.05) is 57.7 Å². The van der Waals surface area contributed by atoms with Crippen molar-refractivity contribution >= 4 is 97.8 Å². The van der Waals surface area contributed by atoms with E-state index >= 15 is 0 Å². The first-order valence-electron chi connectivity index (χ1n) is 36.7. The number of nitrogens with zero attached hydrogens (tertiary/aromatic N) is 5. The predicted molar refractivity (Wildman–Crippen MR) is 384 cm³/mol. The van der Waals surface area contributed by atoms with E-state index in [1.54, 1.807) is 0 Å². The summed E-state index contributed by atoms with van der Waals surface area (Å²) in [6, 6.07) is -4.74. The molecule has 29 heteroatoms. The van der Waals surface area contributed by atoms with Crippen LogP contribution in [0.4, 0.5) is 0 Å². The van der Waals surface area contributed by atoms with Gasteiger partial charge in [-0.3, -0.25) is 62.5 Å². The number of carbonyl (C=O) groups is 9. The van der Waals surface area contributed by atoms with Gasteiger partial charge in [-0.05, 0) is 83.5 Å². The number of esters is 2. The molecule has 0 aliphatic carbocycles. The number of rotatable bonds is 58. The lowest BCUT2D eigenvalue weighted by Gasteiger charge is -2.33. The zero-order valence-corrected chi connectivity index (χ0v) is 61.3. The van der Waals surface area contributed by atoms with Crippen LogP contribution < -0.4 is 38.3 Å². The number of aldehydes is 1. The second-order valence-electron chi connectivity index (χ2n) is 26.3. The molecule has 0 bridgehead atoms. The lowest BCUT2D eigenvalue weighted by atomic mass is 10.1. The van der Waals surface area contributed by atoms with Crippen LogP contribution in [0.25, 0.3) is 0 Å². The van der Waals surface area contributed by atoms with Gasteiger partial charge in [0.2, 0.25) is 35.4 Å². The summed E-state index contributed by atoms with van der Waals surface area (Å²) in [4.78, 5) is 143. The van der Waals surface area contributed by atoms with Gasteiger partial charge in [-0.2, -0.15) is 12.6 Å². The van der Waals surface area contributed by atoms with Crippen molar-refractivity contribution in [3.05, 3.63) is 0 Å². The fourth-order valence-electron chi connectivity index (χ4n) is 12.3. The molecule has 6 amide bonds. The van der Waals surface area contributed by atoms with Gasteiger partial charge in [0.05, 0.1) is 18.8 Å². The first-order valence-corrected chi connectivity index (χ1v) is 40.0. The van der Waals surface area contributed by atoms with Gasteiger partial charge in [-0.25, -0.2) is 0 Å². The molecule has 0 aromatic carbocycles. The molecular weight excluding hydrogens is 1300 g/mol. The molecule has 3 aliphatic heterocycles. The Kier molecular flexibility index (Phi) is 46.2. The van der Waals surface area contributed by atoms with Crippen molar-refractivity contribution in [1.29, 1.82) is 0 Å². The highest BCUT2D eigenvalue weighted by molar-refractivity contribution is 7.98. The maximum atomic E-state index is 14.5. The van der Waals surface area contributed by atoms with E-state index < -0.39 is 84.7 Å². The number of hydrogen-bond acceptors (Lipinski definition) is 18. The molecule has 0 saturated carbocycles. The molecule has 0 radical (unpaired) electrons. The van der Waals surface area contributed by atoms with E-state index in [4.69, 9.17) is 36.9 Å². The molecule has 0 aromatic rings. The van der Waals surface area contributed by atoms with E-state index in [-0.39, 0.29) is 127 Å². The third kappa shape index (κ3) is 37.3. The smallest absolute Gasteiger partial charge is 0.328 e. The number of ether oxygens (including phenoxy) is 2. The Morgan fingerprint density at radius 2 is 1.18 bits per heavy atom. The summed E-state index contributed by atoms with van der Waals surface area (Å²) >= 11 is 5.33. The fraction of sp³-hybridized carbons (Fsp3) is 0.838. The number of nitrogens with two attached hydrogens (primary N) is 4. The van der Waals surface area contributed by atoms with Crippen LogP contribution in [0.1, 0.15) is 264 Å². The minimum Gasteiger partial charge on any atom is -0.462 e. The summed E-state index contributed by atoms with van der Waals surface area (Å²) in [6.07, 6.45) is 31.0. The van der Waals surface area contributed by atoms with E-state index in [0.29, 0.717) is 83.3 Å². The number of guanidine groups is 2. The van der Waals surface area contributed by atoms with Crippen molar-refractivity contribution < 1.29 is 66.6 Å². The normalized spacial score (nSPS) is 18.1. The SMILES string of the molecule is CCCCCCCCCCCCCC(=O)OC[C@H](CCP(=O)(O)OCCCCCCCN1C(=O)CC(SN[C@@H](CS)C(=O)N[C@@H](CCCN=C(N)N)C(=O)N2CCC[C@H]2C(=O)N2CCC[C@H]2C(=O)N[C@H](C=O)CCCN=C(N)N)C1=O)OC(=O)CCCCCCCCCCCCC. The van der Waals surface area contributed by atoms with Crippen molar-refractivity contribution in [2.24, 2.45) is 32.9 Å². The van der Waals surface area contributed by atoms with Crippen LogP contribution in [0.15, 0.2) is 9.98 Å². The van der Waals surface area contributed by atoms with Crippen LogP contribution in [0, 0.1) is 0 Å². The Balaban J connectivity index is 1.45. The molecule has 3 saturated heterocycles. The van der Waals surface area contributed by atoms with Gasteiger partial charge in [-0.1, -0.05) is 173 Å². The van der Waals surface area contributed by atoms with Gasteiger partial charge in [0.1, 0.15) is 48.4 Å². The van der Waals surface area contributed by atoms with E-state index in [2.05, 4.69) is 51.8 Å². The van der Waals surface area contributed by atoms with Crippen LogP contribution in [0.3, 0.4) is 0 Å². The standard InChI is InChI=1S/C68H123N12O14PS2/c1-3-5-7-9-11-13-15-17-19-22-26-38-60(83)92-50-53(94-61(84)39-27-23-20-18-16-14-12-10-8-6-4-2)40-47-95(90,91)93-46-29-25-21-24-28-43-80-59(82)48-58(66(80)89)97-77-55(51-96)62(85)76-54(35-31-42-74-68(71)72)64(87)79-45-33-37-57(79)65(88)78-44-32-36-56(78)63(86)75-52(49-81)34-30-41-73-67(69)70/h49,52-58,77,96H,3-48,50-51H2,1-2H3,(H,75,86)(H,76,85)(H,90,91)(H4,69,70,73)(H4,71,72,74)/t52-,53-,54-,55-,56-,57-,58?/m0/s1. The maximum Gasteiger partial charge on any atom is 0.328 e. The molecule has 12 N–H and O–H groups in total. The number of likely N-dealkylation sites (tertiary alicyclic amines) is 3. The van der Waals surface area contributed by atoms with E-state index in [9.17, 15) is 52.6 Å². The van der Waals surface area contributed by atoms with Crippen LogP contribution in [0.5, 0.6) is 0 Å². The number of aliphatic imine (C=N–C) groups is 2. The van der Waals surface area contributed by atoms with Gasteiger partial charge in [0.15, 0.2) is 11.9 Å². The predicted octanol–water partition coefficient (Wildman–Crippen LogP) is 8.31. The number of amides is 6. The lowest BCUT2D eigenvalue weighted by Crippen LogP contribution is -2.58. The molecular formula is C68H123N12O14PS2. The summed E-state index contributed by atoms with van der Waals surface area (Å²) in [6.45, 7) is 5.36. The van der Waals surface area contributed by atoms with Gasteiger partial charge in [0.25, 0.3) is 0 Å². The monoisotopic (exact) mass is 1430 g/mol. The van der Waals surface area contributed by atoms with Crippen molar-refractivity contribution in [1.82, 2.24) is 30.1 Å². The Labute approximate surface area is 588 Å². The zero-order valence-electron chi connectivity index (χ0n) is 58.7. The molecule has 8 atom stereocenters. The Morgan fingerprint density at radius 3 is 1.73 bits per heavy atom. The molecule has 556 valence electrons. The third-order valence-electron chi connectivity index (χ3n) is 18.0. The second-order valence-corrected chi connectivity index (χ2v) is 29.6. The van der Waals surface area contributed by atoms with Gasteiger partial charge in [-0.15, -0.1) is 0 Å². The molecule has 0 spiro atoms. The van der Waals surface area contributed by atoms with Crippen molar-refractivity contribution in [3.8, 4) is 0 Å². The number of hydrogen-bond donors (Lipinski definition) is 9. The Morgan fingerprint density at radius 1 is 0.660 bits per heavy atom. The van der Waals surface area contributed by atoms with Crippen LogP contribution in [-0.2, 0) is 61.7 Å². The number of unbranched alkanes of at least 4 members (excludes halogenated alkanes) is 24. The van der Waals surface area contributed by atoms with Gasteiger partial charge >= 0.3 is 19.5 Å². The highest BCUT2D eigenvalue weighted by Crippen LogP contribution is 2.43. The number of imide groups is 1. The third-order valence-corrected chi connectivity index (χ3v) is 20.8. The largest absolute Gasteiger partial charge is 0.462 e. The van der Waals surface area contributed by atoms with Crippen molar-refractivity contribution in [2.75, 3.05) is 57.9 Å². The molecule has 3 rings (SSSR count). The fourth-order valence-corrected chi connectivity index (χ4v) is 14.8. The topological polar surface area (TPSA) is 393 Å².